The summed E-state index contributed by atoms with van der Waals surface area (Å²) in [5.74, 6) is 0.271. The predicted molar refractivity (Wildman–Crippen MR) is 73.5 cm³/mol. The quantitative estimate of drug-likeness (QED) is 0.705. The number of rotatable bonds is 6. The summed E-state index contributed by atoms with van der Waals surface area (Å²) in [4.78, 5) is 25.3. The first-order chi connectivity index (χ1) is 9.04. The molecular weight excluding hydrogens is 244 g/mol. The average Bonchev–Trinajstić information content (AvgIpc) is 2.39. The van der Waals surface area contributed by atoms with Gasteiger partial charge < -0.3 is 15.3 Å². The molecule has 0 radical (unpaired) electrons. The van der Waals surface area contributed by atoms with Crippen molar-refractivity contribution in [1.29, 1.82) is 0 Å². The Morgan fingerprint density at radius 2 is 1.89 bits per heavy atom. The molecule has 1 heterocycles. The van der Waals surface area contributed by atoms with Crippen molar-refractivity contribution in [3.8, 4) is 0 Å². The molecule has 0 bridgehead atoms. The monoisotopic (exact) mass is 270 g/mol. The number of unbranched alkanes of at least 4 members (excludes halogenated alkanes) is 1. The van der Waals surface area contributed by atoms with E-state index in [0.717, 1.165) is 32.4 Å². The standard InChI is InChI=1S/C14H26N2O3/c1-11(2)14(19)15-12-6-8-16(9-7-12)13(18)5-3-4-10-17/h11-12,17H,3-10H2,1-2H3,(H,15,19). The third-order valence-corrected chi connectivity index (χ3v) is 3.52. The summed E-state index contributed by atoms with van der Waals surface area (Å²) in [6, 6.07) is 0.205. The molecule has 1 aliphatic heterocycles. The molecule has 1 saturated heterocycles. The van der Waals surface area contributed by atoms with E-state index in [2.05, 4.69) is 5.32 Å². The lowest BCUT2D eigenvalue weighted by Gasteiger charge is -2.32. The highest BCUT2D eigenvalue weighted by molar-refractivity contribution is 5.78. The Bertz CT molecular complexity index is 297. The molecule has 5 nitrogen and oxygen atoms in total. The predicted octanol–water partition coefficient (Wildman–Crippen LogP) is 0.912. The van der Waals surface area contributed by atoms with Gasteiger partial charge in [-0.1, -0.05) is 13.8 Å². The molecular formula is C14H26N2O3. The van der Waals surface area contributed by atoms with Crippen molar-refractivity contribution in [1.82, 2.24) is 10.2 Å². The summed E-state index contributed by atoms with van der Waals surface area (Å²) in [6.07, 6.45) is 3.63. The first kappa shape index (κ1) is 16.0. The summed E-state index contributed by atoms with van der Waals surface area (Å²) in [6.45, 7) is 5.36. The lowest BCUT2D eigenvalue weighted by Crippen LogP contribution is -2.47. The molecule has 1 fully saturated rings. The maximum atomic E-state index is 11.9. The topological polar surface area (TPSA) is 69.6 Å². The highest BCUT2D eigenvalue weighted by Gasteiger charge is 2.23. The van der Waals surface area contributed by atoms with Crippen molar-refractivity contribution < 1.29 is 14.7 Å². The van der Waals surface area contributed by atoms with Gasteiger partial charge in [-0.15, -0.1) is 0 Å². The molecule has 0 saturated carbocycles. The number of hydrogen-bond acceptors (Lipinski definition) is 3. The van der Waals surface area contributed by atoms with Crippen molar-refractivity contribution in [3.63, 3.8) is 0 Å². The van der Waals surface area contributed by atoms with E-state index in [1.165, 1.54) is 0 Å². The molecule has 2 N–H and O–H groups in total. The number of piperidine rings is 1. The van der Waals surface area contributed by atoms with Gasteiger partial charge in [0.25, 0.3) is 0 Å². The van der Waals surface area contributed by atoms with Crippen molar-refractivity contribution in [3.05, 3.63) is 0 Å². The molecule has 0 aromatic carbocycles. The smallest absolute Gasteiger partial charge is 0.222 e. The zero-order valence-electron chi connectivity index (χ0n) is 12.0. The molecule has 1 aliphatic rings. The summed E-state index contributed by atoms with van der Waals surface area (Å²) in [5, 5.41) is 11.7. The van der Waals surface area contributed by atoms with Gasteiger partial charge in [0.2, 0.25) is 11.8 Å². The minimum Gasteiger partial charge on any atom is -0.396 e. The fraction of sp³-hybridized carbons (Fsp3) is 0.857. The highest BCUT2D eigenvalue weighted by Crippen LogP contribution is 2.13. The Balaban J connectivity index is 2.24. The number of hydrogen-bond donors (Lipinski definition) is 2. The van der Waals surface area contributed by atoms with E-state index < -0.39 is 0 Å². The number of likely N-dealkylation sites (tertiary alicyclic amines) is 1. The van der Waals surface area contributed by atoms with Crippen LogP contribution in [0.3, 0.4) is 0 Å². The van der Waals surface area contributed by atoms with Crippen LogP contribution in [0.1, 0.15) is 46.0 Å². The van der Waals surface area contributed by atoms with Crippen LogP contribution in [0.15, 0.2) is 0 Å². The van der Waals surface area contributed by atoms with Crippen LogP contribution in [0, 0.1) is 5.92 Å². The van der Waals surface area contributed by atoms with Crippen LogP contribution >= 0.6 is 0 Å². The van der Waals surface area contributed by atoms with Gasteiger partial charge in [0.05, 0.1) is 0 Å². The molecule has 0 aromatic rings. The third-order valence-electron chi connectivity index (χ3n) is 3.52. The van der Waals surface area contributed by atoms with Crippen LogP contribution in [0.25, 0.3) is 0 Å². The van der Waals surface area contributed by atoms with Crippen LogP contribution < -0.4 is 5.32 Å². The van der Waals surface area contributed by atoms with Gasteiger partial charge >= 0.3 is 0 Å². The summed E-state index contributed by atoms with van der Waals surface area (Å²) >= 11 is 0. The minimum atomic E-state index is 0.0122. The fourth-order valence-electron chi connectivity index (χ4n) is 2.19. The average molecular weight is 270 g/mol. The summed E-state index contributed by atoms with van der Waals surface area (Å²) in [5.41, 5.74) is 0. The number of nitrogens with zero attached hydrogens (tertiary/aromatic N) is 1. The van der Waals surface area contributed by atoms with Gasteiger partial charge in [-0.25, -0.2) is 0 Å². The highest BCUT2D eigenvalue weighted by atomic mass is 16.3. The van der Waals surface area contributed by atoms with Gasteiger partial charge in [-0.2, -0.15) is 0 Å². The zero-order valence-corrected chi connectivity index (χ0v) is 12.0. The Hall–Kier alpha value is -1.10. The number of amides is 2. The number of carbonyl (C=O) groups excluding carboxylic acids is 2. The van der Waals surface area contributed by atoms with Crippen LogP contribution in [-0.4, -0.2) is 47.6 Å². The van der Waals surface area contributed by atoms with Crippen LogP contribution in [0.2, 0.25) is 0 Å². The Morgan fingerprint density at radius 3 is 2.42 bits per heavy atom. The maximum Gasteiger partial charge on any atom is 0.222 e. The van der Waals surface area contributed by atoms with Gasteiger partial charge in [-0.3, -0.25) is 9.59 Å². The molecule has 0 aliphatic carbocycles. The van der Waals surface area contributed by atoms with E-state index in [9.17, 15) is 9.59 Å². The molecule has 1 rings (SSSR count). The van der Waals surface area contributed by atoms with Gasteiger partial charge in [0.15, 0.2) is 0 Å². The van der Waals surface area contributed by atoms with Crippen molar-refractivity contribution in [2.75, 3.05) is 19.7 Å². The second-order valence-corrected chi connectivity index (χ2v) is 5.50. The number of nitrogens with one attached hydrogen (secondary N) is 1. The van der Waals surface area contributed by atoms with Crippen LogP contribution in [0.4, 0.5) is 0 Å². The van der Waals surface area contributed by atoms with Crippen LogP contribution in [0.5, 0.6) is 0 Å². The Labute approximate surface area is 115 Å². The van der Waals surface area contributed by atoms with Gasteiger partial charge in [0.1, 0.15) is 0 Å². The second kappa shape index (κ2) is 8.15. The first-order valence-electron chi connectivity index (χ1n) is 7.23. The normalized spacial score (nSPS) is 16.7. The maximum absolute atomic E-state index is 11.9. The zero-order chi connectivity index (χ0) is 14.3. The Morgan fingerprint density at radius 1 is 1.26 bits per heavy atom. The van der Waals surface area contributed by atoms with Gasteiger partial charge in [0, 0.05) is 38.1 Å². The molecule has 5 heteroatoms. The van der Waals surface area contributed by atoms with Crippen molar-refractivity contribution in [2.24, 2.45) is 5.92 Å². The van der Waals surface area contributed by atoms with Crippen molar-refractivity contribution >= 4 is 11.8 Å². The van der Waals surface area contributed by atoms with Crippen molar-refractivity contribution in [2.45, 2.75) is 52.0 Å². The van der Waals surface area contributed by atoms with Gasteiger partial charge in [-0.05, 0) is 25.7 Å². The molecule has 0 aromatic heterocycles. The lowest BCUT2D eigenvalue weighted by molar-refractivity contribution is -0.132. The SMILES string of the molecule is CC(C)C(=O)NC1CCN(C(=O)CCCCO)CC1. The molecule has 0 atom stereocenters. The van der Waals surface area contributed by atoms with E-state index in [1.807, 2.05) is 18.7 Å². The molecule has 0 unspecified atom stereocenters. The number of aliphatic hydroxyl groups excluding tert-OH is 1. The number of carbonyl (C=O) groups is 2. The van der Waals surface area contributed by atoms with E-state index in [1.54, 1.807) is 0 Å². The first-order valence-corrected chi connectivity index (χ1v) is 7.23. The van der Waals surface area contributed by atoms with E-state index in [4.69, 9.17) is 5.11 Å². The fourth-order valence-corrected chi connectivity index (χ4v) is 2.19. The number of aliphatic hydroxyl groups is 1. The minimum absolute atomic E-state index is 0.0122. The van der Waals surface area contributed by atoms with E-state index in [-0.39, 0.29) is 30.4 Å². The van der Waals surface area contributed by atoms with E-state index in [0.29, 0.717) is 12.8 Å². The molecule has 2 amide bonds. The van der Waals surface area contributed by atoms with Crippen LogP contribution in [-0.2, 0) is 9.59 Å². The summed E-state index contributed by atoms with van der Waals surface area (Å²) < 4.78 is 0. The largest absolute Gasteiger partial charge is 0.396 e. The lowest BCUT2D eigenvalue weighted by atomic mass is 10.0. The molecule has 0 spiro atoms. The molecule has 110 valence electrons. The van der Waals surface area contributed by atoms with E-state index >= 15 is 0 Å². The second-order valence-electron chi connectivity index (χ2n) is 5.50. The third kappa shape index (κ3) is 5.59. The summed E-state index contributed by atoms with van der Waals surface area (Å²) in [7, 11) is 0. The molecule has 19 heavy (non-hydrogen) atoms. The Kier molecular flexibility index (Phi) is 6.84.